The fourth-order valence-electron chi connectivity index (χ4n) is 3.44. The molecule has 2 saturated heterocycles. The highest BCUT2D eigenvalue weighted by atomic mass is 16.5. The Morgan fingerprint density at radius 2 is 2.00 bits per heavy atom. The standard InChI is InChI=1S/C16H24N2O/c1-2-19-14-8-6-13(7-9-14)17-15-10-12-18-11-4-3-5-16(15)18/h6-9,15-17H,2-5,10-12H2,1H3. The van der Waals surface area contributed by atoms with Gasteiger partial charge in [0.05, 0.1) is 6.61 Å². The van der Waals surface area contributed by atoms with Crippen LogP contribution in [0.3, 0.4) is 0 Å². The molecule has 2 aliphatic heterocycles. The number of piperidine rings is 1. The third-order valence-electron chi connectivity index (χ3n) is 4.37. The topological polar surface area (TPSA) is 24.5 Å². The molecule has 3 rings (SSSR count). The van der Waals surface area contributed by atoms with Gasteiger partial charge in [-0.2, -0.15) is 0 Å². The van der Waals surface area contributed by atoms with Gasteiger partial charge < -0.3 is 10.1 Å². The molecule has 1 N–H and O–H groups in total. The van der Waals surface area contributed by atoms with E-state index in [1.807, 2.05) is 6.92 Å². The molecule has 3 nitrogen and oxygen atoms in total. The molecule has 0 radical (unpaired) electrons. The van der Waals surface area contributed by atoms with E-state index < -0.39 is 0 Å². The Kier molecular flexibility index (Phi) is 3.92. The maximum Gasteiger partial charge on any atom is 0.119 e. The van der Waals surface area contributed by atoms with Gasteiger partial charge in [-0.3, -0.25) is 4.90 Å². The zero-order valence-electron chi connectivity index (χ0n) is 11.8. The van der Waals surface area contributed by atoms with Crippen LogP contribution in [0.4, 0.5) is 5.69 Å². The summed E-state index contributed by atoms with van der Waals surface area (Å²) in [5, 5.41) is 3.71. The van der Waals surface area contributed by atoms with E-state index in [4.69, 9.17) is 4.74 Å². The lowest BCUT2D eigenvalue weighted by molar-refractivity contribution is 0.193. The lowest BCUT2D eigenvalue weighted by Gasteiger charge is -2.33. The number of anilines is 1. The number of benzene rings is 1. The van der Waals surface area contributed by atoms with Crippen molar-refractivity contribution < 1.29 is 4.74 Å². The second-order valence-electron chi connectivity index (χ2n) is 5.60. The zero-order chi connectivity index (χ0) is 13.1. The molecule has 0 saturated carbocycles. The maximum absolute atomic E-state index is 5.48. The van der Waals surface area contributed by atoms with Gasteiger partial charge in [0.15, 0.2) is 0 Å². The predicted molar refractivity (Wildman–Crippen MR) is 78.9 cm³/mol. The number of fused-ring (bicyclic) bond motifs is 1. The minimum absolute atomic E-state index is 0.623. The van der Waals surface area contributed by atoms with Gasteiger partial charge >= 0.3 is 0 Å². The monoisotopic (exact) mass is 260 g/mol. The largest absolute Gasteiger partial charge is 0.494 e. The van der Waals surface area contributed by atoms with Gasteiger partial charge in [-0.15, -0.1) is 0 Å². The Hall–Kier alpha value is -1.22. The number of hydrogen-bond acceptors (Lipinski definition) is 3. The molecular formula is C16H24N2O. The van der Waals surface area contributed by atoms with Gasteiger partial charge in [-0.1, -0.05) is 6.42 Å². The van der Waals surface area contributed by atoms with Crippen LogP contribution in [0.25, 0.3) is 0 Å². The van der Waals surface area contributed by atoms with Crippen molar-refractivity contribution in [2.75, 3.05) is 25.0 Å². The number of nitrogens with one attached hydrogen (secondary N) is 1. The lowest BCUT2D eigenvalue weighted by Crippen LogP contribution is -2.41. The summed E-state index contributed by atoms with van der Waals surface area (Å²) in [5.41, 5.74) is 1.22. The highest BCUT2D eigenvalue weighted by Gasteiger charge is 2.35. The molecule has 3 heteroatoms. The summed E-state index contributed by atoms with van der Waals surface area (Å²) in [6.45, 7) is 5.31. The molecule has 0 amide bonds. The average molecular weight is 260 g/mol. The molecule has 104 valence electrons. The molecular weight excluding hydrogens is 236 g/mol. The maximum atomic E-state index is 5.48. The van der Waals surface area contributed by atoms with Gasteiger partial charge in [-0.05, 0) is 57.0 Å². The normalized spacial score (nSPS) is 27.0. The van der Waals surface area contributed by atoms with Crippen LogP contribution in [0.15, 0.2) is 24.3 Å². The van der Waals surface area contributed by atoms with Crippen LogP contribution >= 0.6 is 0 Å². The van der Waals surface area contributed by atoms with E-state index in [0.717, 1.165) is 18.4 Å². The molecule has 1 aromatic rings. The van der Waals surface area contributed by atoms with Crippen molar-refractivity contribution in [2.24, 2.45) is 0 Å². The van der Waals surface area contributed by atoms with Gasteiger partial charge in [0.2, 0.25) is 0 Å². The van der Waals surface area contributed by atoms with Crippen molar-refractivity contribution in [1.29, 1.82) is 0 Å². The SMILES string of the molecule is CCOc1ccc(NC2CCN3CCCCC23)cc1. The molecule has 2 atom stereocenters. The van der Waals surface area contributed by atoms with Gasteiger partial charge in [0, 0.05) is 24.3 Å². The molecule has 2 heterocycles. The molecule has 2 unspecified atom stereocenters. The Morgan fingerprint density at radius 3 is 2.79 bits per heavy atom. The van der Waals surface area contributed by atoms with Crippen molar-refractivity contribution in [3.8, 4) is 5.75 Å². The van der Waals surface area contributed by atoms with Crippen molar-refractivity contribution >= 4 is 5.69 Å². The van der Waals surface area contributed by atoms with Gasteiger partial charge in [0.25, 0.3) is 0 Å². The molecule has 1 aromatic carbocycles. The summed E-state index contributed by atoms with van der Waals surface area (Å²) in [6, 6.07) is 9.75. The summed E-state index contributed by atoms with van der Waals surface area (Å²) in [7, 11) is 0. The molecule has 2 aliphatic rings. The van der Waals surface area contributed by atoms with Gasteiger partial charge in [0.1, 0.15) is 5.75 Å². The van der Waals surface area contributed by atoms with Crippen molar-refractivity contribution in [3.63, 3.8) is 0 Å². The minimum atomic E-state index is 0.623. The van der Waals surface area contributed by atoms with Crippen LogP contribution in [-0.4, -0.2) is 36.7 Å². The number of ether oxygens (including phenoxy) is 1. The highest BCUT2D eigenvalue weighted by molar-refractivity contribution is 5.47. The third kappa shape index (κ3) is 2.86. The van der Waals surface area contributed by atoms with Crippen LogP contribution in [-0.2, 0) is 0 Å². The summed E-state index contributed by atoms with van der Waals surface area (Å²) >= 11 is 0. The van der Waals surface area contributed by atoms with Crippen LogP contribution in [0, 0.1) is 0 Å². The van der Waals surface area contributed by atoms with Crippen molar-refractivity contribution in [2.45, 2.75) is 44.7 Å². The van der Waals surface area contributed by atoms with E-state index in [-0.39, 0.29) is 0 Å². The minimum Gasteiger partial charge on any atom is -0.494 e. The Bertz CT molecular complexity index is 404. The number of hydrogen-bond donors (Lipinski definition) is 1. The van der Waals surface area contributed by atoms with Crippen LogP contribution in [0.1, 0.15) is 32.6 Å². The first-order chi connectivity index (χ1) is 9.36. The van der Waals surface area contributed by atoms with Crippen LogP contribution in [0.2, 0.25) is 0 Å². The highest BCUT2D eigenvalue weighted by Crippen LogP contribution is 2.29. The van der Waals surface area contributed by atoms with E-state index in [9.17, 15) is 0 Å². The Labute approximate surface area is 115 Å². The molecule has 19 heavy (non-hydrogen) atoms. The first-order valence-electron chi connectivity index (χ1n) is 7.60. The van der Waals surface area contributed by atoms with E-state index >= 15 is 0 Å². The molecule has 2 fully saturated rings. The predicted octanol–water partition coefficient (Wildman–Crippen LogP) is 3.12. The fraction of sp³-hybridized carbons (Fsp3) is 0.625. The molecule has 0 aromatic heterocycles. The molecule has 0 bridgehead atoms. The van der Waals surface area contributed by atoms with Crippen LogP contribution < -0.4 is 10.1 Å². The molecule has 0 aliphatic carbocycles. The number of rotatable bonds is 4. The van der Waals surface area contributed by atoms with Gasteiger partial charge in [-0.25, -0.2) is 0 Å². The summed E-state index contributed by atoms with van der Waals surface area (Å²) in [4.78, 5) is 2.66. The van der Waals surface area contributed by atoms with E-state index in [0.29, 0.717) is 6.04 Å². The summed E-state index contributed by atoms with van der Waals surface area (Å²) < 4.78 is 5.48. The average Bonchev–Trinajstić information content (AvgIpc) is 2.85. The first-order valence-corrected chi connectivity index (χ1v) is 7.60. The molecule has 0 spiro atoms. The smallest absolute Gasteiger partial charge is 0.119 e. The van der Waals surface area contributed by atoms with Crippen LogP contribution in [0.5, 0.6) is 5.75 Å². The summed E-state index contributed by atoms with van der Waals surface area (Å²) in [6.07, 6.45) is 5.40. The van der Waals surface area contributed by atoms with Crippen molar-refractivity contribution in [3.05, 3.63) is 24.3 Å². The van der Waals surface area contributed by atoms with E-state index in [1.165, 1.54) is 44.5 Å². The Balaban J connectivity index is 1.61. The number of nitrogens with zero attached hydrogens (tertiary/aromatic N) is 1. The third-order valence-corrected chi connectivity index (χ3v) is 4.37. The Morgan fingerprint density at radius 1 is 1.16 bits per heavy atom. The second-order valence-corrected chi connectivity index (χ2v) is 5.60. The first kappa shape index (κ1) is 12.8. The summed E-state index contributed by atoms with van der Waals surface area (Å²) in [5.74, 6) is 0.957. The zero-order valence-corrected chi connectivity index (χ0v) is 11.8. The van der Waals surface area contributed by atoms with E-state index in [2.05, 4.69) is 34.5 Å². The second kappa shape index (κ2) is 5.83. The van der Waals surface area contributed by atoms with Crippen molar-refractivity contribution in [1.82, 2.24) is 4.90 Å². The quantitative estimate of drug-likeness (QED) is 0.900. The van der Waals surface area contributed by atoms with E-state index in [1.54, 1.807) is 0 Å². The lowest BCUT2D eigenvalue weighted by atomic mass is 9.99. The fourth-order valence-corrected chi connectivity index (χ4v) is 3.44.